The van der Waals surface area contributed by atoms with Gasteiger partial charge in [-0.1, -0.05) is 35.3 Å². The number of carbonyl (C=O) groups is 2. The molecule has 3 N–H and O–H groups in total. The lowest BCUT2D eigenvalue weighted by atomic mass is 10.1. The Kier molecular flexibility index (Phi) is 5.51. The number of halogens is 2. The van der Waals surface area contributed by atoms with Gasteiger partial charge in [0, 0.05) is 35.7 Å². The van der Waals surface area contributed by atoms with Crippen LogP contribution in [-0.2, 0) is 29.1 Å². The molecule has 0 saturated carbocycles. The Bertz CT molecular complexity index is 870. The summed E-state index contributed by atoms with van der Waals surface area (Å²) < 4.78 is 0. The lowest BCUT2D eigenvalue weighted by molar-refractivity contribution is -0.133. The normalized spacial score (nSPS) is 14.1. The summed E-state index contributed by atoms with van der Waals surface area (Å²) in [6.45, 7) is 2.45. The molecule has 0 bridgehead atoms. The van der Waals surface area contributed by atoms with Gasteiger partial charge >= 0.3 is 0 Å². The molecule has 7 heteroatoms. The van der Waals surface area contributed by atoms with E-state index in [2.05, 4.69) is 5.32 Å². The van der Waals surface area contributed by atoms with Gasteiger partial charge in [0.2, 0.25) is 11.8 Å². The van der Waals surface area contributed by atoms with Gasteiger partial charge in [0.1, 0.15) is 0 Å². The van der Waals surface area contributed by atoms with Gasteiger partial charge in [-0.15, -0.1) is 0 Å². The topological polar surface area (TPSA) is 75.4 Å². The Morgan fingerprint density at radius 3 is 2.58 bits per heavy atom. The Balaban J connectivity index is 1.67. The van der Waals surface area contributed by atoms with Crippen molar-refractivity contribution in [3.63, 3.8) is 0 Å². The van der Waals surface area contributed by atoms with Crippen molar-refractivity contribution in [3.8, 4) is 0 Å². The van der Waals surface area contributed by atoms with Gasteiger partial charge in [-0.05, 0) is 47.4 Å². The monoisotopic (exact) mass is 391 g/mol. The second-order valence-electron chi connectivity index (χ2n) is 6.41. The molecule has 0 saturated heterocycles. The second-order valence-corrected chi connectivity index (χ2v) is 7.25. The predicted molar refractivity (Wildman–Crippen MR) is 103 cm³/mol. The molecule has 2 amide bonds. The molecule has 1 heterocycles. The first-order valence-electron chi connectivity index (χ1n) is 8.21. The van der Waals surface area contributed by atoms with Crippen LogP contribution in [-0.4, -0.2) is 22.8 Å². The first kappa shape index (κ1) is 18.7. The third-order valence-electron chi connectivity index (χ3n) is 4.33. The lowest BCUT2D eigenvalue weighted by Crippen LogP contribution is -2.42. The van der Waals surface area contributed by atoms with Crippen LogP contribution in [0.2, 0.25) is 10.0 Å². The van der Waals surface area contributed by atoms with Crippen LogP contribution in [0.15, 0.2) is 36.4 Å². The number of nitrogens with zero attached hydrogens (tertiary/aromatic N) is 1. The molecule has 0 radical (unpaired) electrons. The largest absolute Gasteiger partial charge is 0.333 e. The molecular weight excluding hydrogens is 373 g/mol. The quantitative estimate of drug-likeness (QED) is 0.838. The Morgan fingerprint density at radius 2 is 1.88 bits per heavy atom. The maximum Gasteiger partial charge on any atom is 0.240 e. The van der Waals surface area contributed by atoms with Crippen LogP contribution in [0.1, 0.15) is 23.6 Å². The summed E-state index contributed by atoms with van der Waals surface area (Å²) in [5.74, 6) is -0.258. The van der Waals surface area contributed by atoms with Crippen molar-refractivity contribution in [1.82, 2.24) is 4.90 Å². The minimum Gasteiger partial charge on any atom is -0.333 e. The smallest absolute Gasteiger partial charge is 0.240 e. The van der Waals surface area contributed by atoms with Crippen LogP contribution < -0.4 is 11.1 Å². The maximum atomic E-state index is 12.7. The number of anilines is 1. The van der Waals surface area contributed by atoms with Crippen LogP contribution in [0.3, 0.4) is 0 Å². The van der Waals surface area contributed by atoms with Crippen LogP contribution in [0.5, 0.6) is 0 Å². The number of rotatable bonds is 4. The molecule has 26 heavy (non-hydrogen) atoms. The van der Waals surface area contributed by atoms with Crippen molar-refractivity contribution in [2.24, 2.45) is 5.73 Å². The summed E-state index contributed by atoms with van der Waals surface area (Å²) in [6, 6.07) is 10.1. The fraction of sp³-hybridized carbons (Fsp3) is 0.263. The summed E-state index contributed by atoms with van der Waals surface area (Å²) in [5.41, 5.74) is 9.72. The first-order valence-corrected chi connectivity index (χ1v) is 8.97. The summed E-state index contributed by atoms with van der Waals surface area (Å²) in [5, 5.41) is 3.80. The zero-order chi connectivity index (χ0) is 18.8. The van der Waals surface area contributed by atoms with Crippen molar-refractivity contribution < 1.29 is 9.59 Å². The van der Waals surface area contributed by atoms with E-state index in [1.807, 2.05) is 18.2 Å². The Morgan fingerprint density at radius 1 is 1.15 bits per heavy atom. The second kappa shape index (κ2) is 7.66. The van der Waals surface area contributed by atoms with Gasteiger partial charge < -0.3 is 16.0 Å². The van der Waals surface area contributed by atoms with Crippen molar-refractivity contribution in [2.45, 2.75) is 32.5 Å². The van der Waals surface area contributed by atoms with E-state index in [-0.39, 0.29) is 11.8 Å². The molecule has 0 aliphatic carbocycles. The molecule has 3 rings (SSSR count). The van der Waals surface area contributed by atoms with Crippen LogP contribution >= 0.6 is 23.2 Å². The number of hydrogen-bond donors (Lipinski definition) is 2. The van der Waals surface area contributed by atoms with E-state index in [1.54, 1.807) is 23.1 Å². The summed E-state index contributed by atoms with van der Waals surface area (Å²) in [4.78, 5) is 25.6. The van der Waals surface area contributed by atoms with Gasteiger partial charge in [-0.25, -0.2) is 0 Å². The molecule has 0 unspecified atom stereocenters. The molecule has 1 atom stereocenters. The van der Waals surface area contributed by atoms with Crippen LogP contribution in [0.4, 0.5) is 5.69 Å². The molecule has 0 fully saturated rings. The third kappa shape index (κ3) is 4.18. The highest BCUT2D eigenvalue weighted by Crippen LogP contribution is 2.27. The van der Waals surface area contributed by atoms with Gasteiger partial charge in [0.25, 0.3) is 0 Å². The molecule has 1 aliphatic rings. The van der Waals surface area contributed by atoms with Gasteiger partial charge in [-0.2, -0.15) is 0 Å². The van der Waals surface area contributed by atoms with Gasteiger partial charge in [0.05, 0.1) is 6.04 Å². The van der Waals surface area contributed by atoms with Crippen molar-refractivity contribution >= 4 is 40.7 Å². The van der Waals surface area contributed by atoms with E-state index in [1.165, 1.54) is 6.92 Å². The minimum absolute atomic E-state index is 0.127. The average Bonchev–Trinajstić information content (AvgIpc) is 2.99. The van der Waals surface area contributed by atoms with Crippen molar-refractivity contribution in [1.29, 1.82) is 0 Å². The minimum atomic E-state index is -0.683. The van der Waals surface area contributed by atoms with E-state index in [0.29, 0.717) is 29.6 Å². The number of benzene rings is 2. The van der Waals surface area contributed by atoms with Crippen LogP contribution in [0.25, 0.3) is 0 Å². The molecular formula is C19H19Cl2N3O2. The highest BCUT2D eigenvalue weighted by molar-refractivity contribution is 6.35. The molecule has 0 aromatic heterocycles. The van der Waals surface area contributed by atoms with Crippen molar-refractivity contribution in [3.05, 3.63) is 63.1 Å². The van der Waals surface area contributed by atoms with Gasteiger partial charge in [-0.3, -0.25) is 9.59 Å². The molecule has 1 aliphatic heterocycles. The van der Waals surface area contributed by atoms with E-state index in [4.69, 9.17) is 28.9 Å². The fourth-order valence-electron chi connectivity index (χ4n) is 3.08. The van der Waals surface area contributed by atoms with Crippen LogP contribution in [0, 0.1) is 0 Å². The van der Waals surface area contributed by atoms with E-state index < -0.39 is 6.04 Å². The molecule has 136 valence electrons. The Hall–Kier alpha value is -2.08. The zero-order valence-corrected chi connectivity index (χ0v) is 15.8. The number of carbonyl (C=O) groups excluding carboxylic acids is 2. The van der Waals surface area contributed by atoms with E-state index >= 15 is 0 Å². The van der Waals surface area contributed by atoms with E-state index in [0.717, 1.165) is 22.4 Å². The highest BCUT2D eigenvalue weighted by Gasteiger charge is 2.27. The number of amides is 2. The summed E-state index contributed by atoms with van der Waals surface area (Å²) >= 11 is 12.1. The number of hydrogen-bond acceptors (Lipinski definition) is 3. The fourth-order valence-corrected chi connectivity index (χ4v) is 3.56. The van der Waals surface area contributed by atoms with Crippen molar-refractivity contribution in [2.75, 3.05) is 5.32 Å². The maximum absolute atomic E-state index is 12.7. The predicted octanol–water partition coefficient (Wildman–Crippen LogP) is 3.36. The number of nitrogens with one attached hydrogen (secondary N) is 1. The average molecular weight is 392 g/mol. The molecule has 2 aromatic carbocycles. The summed E-state index contributed by atoms with van der Waals surface area (Å²) in [6.07, 6.45) is 0.346. The van der Waals surface area contributed by atoms with Gasteiger partial charge in [0.15, 0.2) is 0 Å². The van der Waals surface area contributed by atoms with E-state index in [9.17, 15) is 9.59 Å². The molecule has 5 nitrogen and oxygen atoms in total. The SMILES string of the molecule is CC(=O)Nc1ccc2c(c1)CN(C(=O)[C@H](N)Cc1ccc(Cl)cc1Cl)C2. The molecule has 2 aromatic rings. The third-order valence-corrected chi connectivity index (χ3v) is 4.92. The number of fused-ring (bicyclic) bond motifs is 1. The first-order chi connectivity index (χ1) is 12.3. The lowest BCUT2D eigenvalue weighted by Gasteiger charge is -2.20. The Labute approximate surface area is 162 Å². The summed E-state index contributed by atoms with van der Waals surface area (Å²) in [7, 11) is 0. The highest BCUT2D eigenvalue weighted by atomic mass is 35.5. The number of nitrogens with two attached hydrogens (primary N) is 1. The standard InChI is InChI=1S/C19H19Cl2N3O2/c1-11(25)23-16-5-3-13-9-24(10-14(13)6-16)19(26)18(22)7-12-2-4-15(20)8-17(12)21/h2-6,8,18H,7,9-10,22H2,1H3,(H,23,25)/t18-/m1/s1. The zero-order valence-electron chi connectivity index (χ0n) is 14.3. The molecule has 0 spiro atoms.